The van der Waals surface area contributed by atoms with Crippen LogP contribution in [0.4, 0.5) is 0 Å². The summed E-state index contributed by atoms with van der Waals surface area (Å²) in [6.45, 7) is 3.49. The number of nitrogens with zero attached hydrogens (tertiary/aromatic N) is 1. The molecule has 2 rings (SSSR count). The average molecular weight is 239 g/mol. The van der Waals surface area contributed by atoms with Crippen LogP contribution < -0.4 is 0 Å². The first-order valence-corrected chi connectivity index (χ1v) is 6.45. The Balaban J connectivity index is 2.39. The molecule has 1 aliphatic carbocycles. The predicted octanol–water partition coefficient (Wildman–Crippen LogP) is 3.07. The smallest absolute Gasteiger partial charge is 0.171 e. The van der Waals surface area contributed by atoms with Gasteiger partial charge >= 0.3 is 0 Å². The lowest BCUT2D eigenvalue weighted by molar-refractivity contribution is -0.00893. The van der Waals surface area contributed by atoms with Crippen molar-refractivity contribution in [2.75, 3.05) is 7.11 Å². The van der Waals surface area contributed by atoms with Gasteiger partial charge in [-0.1, -0.05) is 12.8 Å². The van der Waals surface area contributed by atoms with E-state index in [1.807, 2.05) is 6.92 Å². The molecule has 16 heavy (non-hydrogen) atoms. The molecule has 1 fully saturated rings. The van der Waals surface area contributed by atoms with Gasteiger partial charge in [0.05, 0.1) is 10.6 Å². The number of aromatic nitrogens is 1. The fourth-order valence-corrected chi connectivity index (χ4v) is 3.56. The summed E-state index contributed by atoms with van der Waals surface area (Å²) >= 11 is 1.50. The van der Waals surface area contributed by atoms with Gasteiger partial charge in [-0.3, -0.25) is 4.79 Å². The lowest BCUT2D eigenvalue weighted by Crippen LogP contribution is -2.24. The van der Waals surface area contributed by atoms with Crippen LogP contribution in [0.3, 0.4) is 0 Å². The molecule has 0 radical (unpaired) electrons. The maximum absolute atomic E-state index is 11.4. The number of thiazole rings is 1. The first kappa shape index (κ1) is 11.7. The first-order valence-electron chi connectivity index (χ1n) is 5.63. The van der Waals surface area contributed by atoms with Gasteiger partial charge in [0.15, 0.2) is 5.78 Å². The Bertz CT molecular complexity index is 405. The molecule has 1 aliphatic rings. The molecule has 0 aromatic carbocycles. The highest BCUT2D eigenvalue weighted by Crippen LogP contribution is 2.43. The average Bonchev–Trinajstić information content (AvgIpc) is 2.84. The van der Waals surface area contributed by atoms with Gasteiger partial charge in [-0.15, -0.1) is 11.3 Å². The van der Waals surface area contributed by atoms with Gasteiger partial charge in [0.2, 0.25) is 0 Å². The molecule has 0 bridgehead atoms. The van der Waals surface area contributed by atoms with Crippen LogP contribution >= 0.6 is 11.3 Å². The van der Waals surface area contributed by atoms with Crippen molar-refractivity contribution in [2.24, 2.45) is 0 Å². The number of aryl methyl sites for hydroxylation is 1. The zero-order valence-corrected chi connectivity index (χ0v) is 10.8. The minimum Gasteiger partial charge on any atom is -0.371 e. The second kappa shape index (κ2) is 4.26. The number of ether oxygens (including phenoxy) is 1. The molecule has 0 saturated heterocycles. The molecular formula is C12H17NO2S. The van der Waals surface area contributed by atoms with Crippen LogP contribution in [0.2, 0.25) is 0 Å². The Morgan fingerprint density at radius 3 is 2.50 bits per heavy atom. The summed E-state index contributed by atoms with van der Waals surface area (Å²) in [6.07, 6.45) is 4.41. The maximum Gasteiger partial charge on any atom is 0.171 e. The third-order valence-corrected chi connectivity index (χ3v) is 4.75. The number of carbonyl (C=O) groups is 1. The lowest BCUT2D eigenvalue weighted by atomic mass is 10.0. The molecule has 0 amide bonds. The highest BCUT2D eigenvalue weighted by atomic mass is 32.1. The molecule has 1 saturated carbocycles. The molecule has 88 valence electrons. The second-order valence-electron chi connectivity index (χ2n) is 4.40. The Labute approximate surface area is 99.8 Å². The van der Waals surface area contributed by atoms with E-state index in [4.69, 9.17) is 4.74 Å². The van der Waals surface area contributed by atoms with Crippen LogP contribution in [0, 0.1) is 6.92 Å². The maximum atomic E-state index is 11.4. The molecule has 0 aliphatic heterocycles. The van der Waals surface area contributed by atoms with E-state index in [1.54, 1.807) is 14.0 Å². The predicted molar refractivity (Wildman–Crippen MR) is 64.0 cm³/mol. The zero-order valence-electron chi connectivity index (χ0n) is 10.0. The number of rotatable bonds is 3. The van der Waals surface area contributed by atoms with E-state index in [0.717, 1.165) is 28.4 Å². The summed E-state index contributed by atoms with van der Waals surface area (Å²) in [5, 5.41) is 0.982. The normalized spacial score (nSPS) is 18.9. The van der Waals surface area contributed by atoms with Crippen molar-refractivity contribution in [1.29, 1.82) is 0 Å². The summed E-state index contributed by atoms with van der Waals surface area (Å²) < 4.78 is 5.67. The summed E-state index contributed by atoms with van der Waals surface area (Å²) in [7, 11) is 1.75. The van der Waals surface area contributed by atoms with E-state index in [1.165, 1.54) is 24.2 Å². The Kier molecular flexibility index (Phi) is 3.13. The zero-order chi connectivity index (χ0) is 11.8. The molecule has 1 aromatic heterocycles. The number of methoxy groups -OCH3 is 1. The molecular weight excluding hydrogens is 222 g/mol. The first-order chi connectivity index (χ1) is 7.59. The number of Topliss-reactive ketones (excluding diaryl/α,β-unsaturated/α-hetero) is 1. The molecule has 1 aromatic rings. The lowest BCUT2D eigenvalue weighted by Gasteiger charge is -2.24. The quantitative estimate of drug-likeness (QED) is 0.761. The Hall–Kier alpha value is -0.740. The molecule has 0 atom stereocenters. The fraction of sp³-hybridized carbons (Fsp3) is 0.667. The fourth-order valence-electron chi connectivity index (χ4n) is 2.37. The third-order valence-electron chi connectivity index (χ3n) is 3.31. The van der Waals surface area contributed by atoms with Gasteiger partial charge in [-0.2, -0.15) is 0 Å². The summed E-state index contributed by atoms with van der Waals surface area (Å²) in [5.74, 6) is 0.102. The minimum atomic E-state index is -0.219. The van der Waals surface area contributed by atoms with E-state index in [9.17, 15) is 4.79 Å². The Morgan fingerprint density at radius 1 is 1.44 bits per heavy atom. The van der Waals surface area contributed by atoms with Crippen molar-refractivity contribution in [1.82, 2.24) is 4.98 Å². The van der Waals surface area contributed by atoms with Crippen LogP contribution in [0.5, 0.6) is 0 Å². The second-order valence-corrected chi connectivity index (χ2v) is 5.39. The molecule has 3 nitrogen and oxygen atoms in total. The van der Waals surface area contributed by atoms with E-state index in [0.29, 0.717) is 0 Å². The Morgan fingerprint density at radius 2 is 2.06 bits per heavy atom. The van der Waals surface area contributed by atoms with Gasteiger partial charge in [-0.05, 0) is 19.8 Å². The largest absolute Gasteiger partial charge is 0.371 e. The van der Waals surface area contributed by atoms with Gasteiger partial charge < -0.3 is 4.74 Å². The van der Waals surface area contributed by atoms with Gasteiger partial charge in [-0.25, -0.2) is 4.98 Å². The van der Waals surface area contributed by atoms with E-state index in [2.05, 4.69) is 4.98 Å². The molecule has 1 heterocycles. The van der Waals surface area contributed by atoms with Crippen molar-refractivity contribution in [3.8, 4) is 0 Å². The van der Waals surface area contributed by atoms with Crippen LogP contribution in [-0.4, -0.2) is 17.9 Å². The molecule has 0 N–H and O–H groups in total. The number of hydrogen-bond donors (Lipinski definition) is 0. The topological polar surface area (TPSA) is 39.2 Å². The van der Waals surface area contributed by atoms with Crippen LogP contribution in [0.1, 0.15) is 53.0 Å². The highest BCUT2D eigenvalue weighted by Gasteiger charge is 2.39. The molecule has 4 heteroatoms. The summed E-state index contributed by atoms with van der Waals surface area (Å²) in [4.78, 5) is 16.7. The van der Waals surface area contributed by atoms with E-state index < -0.39 is 0 Å². The molecule has 0 spiro atoms. The number of ketones is 1. The molecule has 0 unspecified atom stereocenters. The van der Waals surface area contributed by atoms with Gasteiger partial charge in [0, 0.05) is 14.0 Å². The van der Waals surface area contributed by atoms with E-state index >= 15 is 0 Å². The van der Waals surface area contributed by atoms with Gasteiger partial charge in [0.1, 0.15) is 10.6 Å². The van der Waals surface area contributed by atoms with Crippen LogP contribution in [0.15, 0.2) is 0 Å². The van der Waals surface area contributed by atoms with Crippen LogP contribution in [0.25, 0.3) is 0 Å². The monoisotopic (exact) mass is 239 g/mol. The number of carbonyl (C=O) groups excluding carboxylic acids is 1. The minimum absolute atomic E-state index is 0.102. The summed E-state index contributed by atoms with van der Waals surface area (Å²) in [5.41, 5.74) is 0.624. The van der Waals surface area contributed by atoms with Crippen molar-refractivity contribution in [2.45, 2.75) is 45.1 Å². The van der Waals surface area contributed by atoms with Crippen molar-refractivity contribution in [3.63, 3.8) is 0 Å². The third kappa shape index (κ3) is 1.80. The highest BCUT2D eigenvalue weighted by molar-refractivity contribution is 7.14. The van der Waals surface area contributed by atoms with Gasteiger partial charge in [0.25, 0.3) is 0 Å². The standard InChI is InChI=1S/C12H17NO2S/c1-8-10(9(2)14)16-11(13-8)12(15-3)6-4-5-7-12/h4-7H2,1-3H3. The van der Waals surface area contributed by atoms with Crippen molar-refractivity contribution >= 4 is 17.1 Å². The number of hydrogen-bond acceptors (Lipinski definition) is 4. The van der Waals surface area contributed by atoms with Crippen molar-refractivity contribution in [3.05, 3.63) is 15.6 Å². The van der Waals surface area contributed by atoms with Crippen LogP contribution in [-0.2, 0) is 10.3 Å². The van der Waals surface area contributed by atoms with Crippen molar-refractivity contribution < 1.29 is 9.53 Å². The van der Waals surface area contributed by atoms with E-state index in [-0.39, 0.29) is 11.4 Å². The summed E-state index contributed by atoms with van der Waals surface area (Å²) in [6, 6.07) is 0. The SMILES string of the molecule is COC1(c2nc(C)c(C(C)=O)s2)CCCC1.